The first-order valence-corrected chi connectivity index (χ1v) is 6.97. The number of aromatic nitrogens is 1. The largest absolute Gasteiger partial charge is 0.354 e. The molecule has 0 radical (unpaired) electrons. The summed E-state index contributed by atoms with van der Waals surface area (Å²) in [5, 5.41) is 9.30. The maximum atomic E-state index is 11.9. The predicted molar refractivity (Wildman–Crippen MR) is 69.1 cm³/mol. The molecule has 1 saturated heterocycles. The number of hydrogen-bond acceptors (Lipinski definition) is 4. The smallest absolute Gasteiger partial charge is 0.237 e. The van der Waals surface area contributed by atoms with Gasteiger partial charge in [0.25, 0.3) is 0 Å². The maximum absolute atomic E-state index is 11.9. The van der Waals surface area contributed by atoms with Crippen molar-refractivity contribution < 1.29 is 4.79 Å². The third-order valence-corrected chi connectivity index (χ3v) is 4.28. The van der Waals surface area contributed by atoms with E-state index in [9.17, 15) is 4.79 Å². The lowest BCUT2D eigenvalue weighted by Gasteiger charge is -2.17. The van der Waals surface area contributed by atoms with E-state index in [-0.39, 0.29) is 17.9 Å². The number of carbonyl (C=O) groups excluding carboxylic acids is 1. The average molecular weight is 253 g/mol. The van der Waals surface area contributed by atoms with E-state index in [0.717, 1.165) is 18.0 Å². The van der Waals surface area contributed by atoms with Crippen LogP contribution in [0.15, 0.2) is 11.6 Å². The number of nitrogens with zero attached hydrogens (tertiary/aromatic N) is 1. The van der Waals surface area contributed by atoms with Gasteiger partial charge in [0.05, 0.1) is 11.0 Å². The van der Waals surface area contributed by atoms with Crippen LogP contribution in [-0.4, -0.2) is 30.0 Å². The Morgan fingerprint density at radius 3 is 3.18 bits per heavy atom. The molecule has 94 valence electrons. The van der Waals surface area contributed by atoms with Gasteiger partial charge in [0, 0.05) is 24.0 Å². The second-order valence-electron chi connectivity index (χ2n) is 4.71. The second kappa shape index (κ2) is 5.60. The highest BCUT2D eigenvalue weighted by atomic mass is 32.1. The first-order chi connectivity index (χ1) is 8.18. The molecule has 0 spiro atoms. The molecule has 5 heteroatoms. The summed E-state index contributed by atoms with van der Waals surface area (Å²) in [5.74, 6) is 0.847. The number of hydrogen-bond donors (Lipinski definition) is 2. The van der Waals surface area contributed by atoms with Crippen LogP contribution in [-0.2, 0) is 4.79 Å². The van der Waals surface area contributed by atoms with Gasteiger partial charge in [0.1, 0.15) is 0 Å². The van der Waals surface area contributed by atoms with Gasteiger partial charge < -0.3 is 10.6 Å². The van der Waals surface area contributed by atoms with Crippen LogP contribution in [0.2, 0.25) is 0 Å². The summed E-state index contributed by atoms with van der Waals surface area (Å²) in [6, 6.07) is -0.0153. The number of rotatable bonds is 4. The number of nitrogens with one attached hydrogen (secondary N) is 2. The molecule has 0 aromatic carbocycles. The normalized spacial score (nSPS) is 25.8. The van der Waals surface area contributed by atoms with Crippen LogP contribution in [0.1, 0.15) is 31.2 Å². The van der Waals surface area contributed by atoms with Crippen molar-refractivity contribution in [2.45, 2.75) is 32.2 Å². The molecule has 1 fully saturated rings. The van der Waals surface area contributed by atoms with E-state index >= 15 is 0 Å². The van der Waals surface area contributed by atoms with Crippen LogP contribution >= 0.6 is 11.3 Å². The summed E-state index contributed by atoms with van der Waals surface area (Å²) in [4.78, 5) is 16.2. The van der Waals surface area contributed by atoms with Gasteiger partial charge in [-0.15, -0.1) is 11.3 Å². The van der Waals surface area contributed by atoms with Crippen LogP contribution in [0, 0.1) is 5.92 Å². The minimum atomic E-state index is -0.0153. The van der Waals surface area contributed by atoms with E-state index < -0.39 is 0 Å². The Morgan fingerprint density at radius 1 is 1.76 bits per heavy atom. The van der Waals surface area contributed by atoms with Gasteiger partial charge in [-0.1, -0.05) is 13.8 Å². The lowest BCUT2D eigenvalue weighted by atomic mass is 10.0. The molecule has 3 atom stereocenters. The second-order valence-corrected chi connectivity index (χ2v) is 5.64. The van der Waals surface area contributed by atoms with Crippen molar-refractivity contribution in [3.05, 3.63) is 16.6 Å². The molecule has 17 heavy (non-hydrogen) atoms. The zero-order chi connectivity index (χ0) is 12.3. The Labute approximate surface area is 106 Å². The number of thiazole rings is 1. The zero-order valence-corrected chi connectivity index (χ0v) is 11.1. The topological polar surface area (TPSA) is 54.0 Å². The van der Waals surface area contributed by atoms with Gasteiger partial charge in [-0.25, -0.2) is 4.98 Å². The van der Waals surface area contributed by atoms with Gasteiger partial charge in [0.2, 0.25) is 5.91 Å². The minimum Gasteiger partial charge on any atom is -0.354 e. The van der Waals surface area contributed by atoms with Crippen molar-refractivity contribution in [1.82, 2.24) is 15.6 Å². The summed E-state index contributed by atoms with van der Waals surface area (Å²) >= 11 is 1.64. The molecule has 4 nitrogen and oxygen atoms in total. The fourth-order valence-electron chi connectivity index (χ4n) is 2.11. The monoisotopic (exact) mass is 253 g/mol. The van der Waals surface area contributed by atoms with Gasteiger partial charge >= 0.3 is 0 Å². The van der Waals surface area contributed by atoms with Crippen molar-refractivity contribution in [3.63, 3.8) is 0 Å². The van der Waals surface area contributed by atoms with Gasteiger partial charge in [0.15, 0.2) is 0 Å². The molecule has 0 aliphatic carbocycles. The maximum Gasteiger partial charge on any atom is 0.237 e. The van der Waals surface area contributed by atoms with Gasteiger partial charge in [-0.05, 0) is 18.9 Å². The lowest BCUT2D eigenvalue weighted by Crippen LogP contribution is -2.44. The average Bonchev–Trinajstić information content (AvgIpc) is 2.95. The molecular weight excluding hydrogens is 234 g/mol. The predicted octanol–water partition coefficient (Wildman–Crippen LogP) is 1.36. The van der Waals surface area contributed by atoms with Gasteiger partial charge in [-0.2, -0.15) is 0 Å². The fraction of sp³-hybridized carbons (Fsp3) is 0.667. The summed E-state index contributed by atoms with van der Waals surface area (Å²) in [6.07, 6.45) is 2.89. The van der Waals surface area contributed by atoms with Crippen LogP contribution in [0.25, 0.3) is 0 Å². The van der Waals surface area contributed by atoms with Crippen molar-refractivity contribution in [1.29, 1.82) is 0 Å². The summed E-state index contributed by atoms with van der Waals surface area (Å²) < 4.78 is 0. The third-order valence-electron chi connectivity index (χ3n) is 3.27. The molecule has 2 N–H and O–H groups in total. The molecule has 1 aliphatic rings. The van der Waals surface area contributed by atoms with Crippen molar-refractivity contribution in [3.8, 4) is 0 Å². The van der Waals surface area contributed by atoms with Crippen molar-refractivity contribution in [2.75, 3.05) is 13.1 Å². The molecule has 2 heterocycles. The van der Waals surface area contributed by atoms with E-state index in [4.69, 9.17) is 0 Å². The summed E-state index contributed by atoms with van der Waals surface area (Å²) in [6.45, 7) is 5.82. The van der Waals surface area contributed by atoms with E-state index in [1.165, 1.54) is 0 Å². The molecule has 0 bridgehead atoms. The van der Waals surface area contributed by atoms with Crippen LogP contribution in [0.5, 0.6) is 0 Å². The van der Waals surface area contributed by atoms with E-state index in [1.807, 2.05) is 5.38 Å². The molecule has 1 aromatic rings. The van der Waals surface area contributed by atoms with E-state index in [1.54, 1.807) is 17.5 Å². The first kappa shape index (κ1) is 12.5. The molecule has 1 aliphatic heterocycles. The highest BCUT2D eigenvalue weighted by Gasteiger charge is 2.29. The SMILES string of the molecule is CC(CNC(=O)C1NCCC1C)c1nccs1. The standard InChI is InChI=1S/C12H19N3OS/c1-8-3-4-13-10(8)11(16)15-7-9(2)12-14-5-6-17-12/h5-6,8-10,13H,3-4,7H2,1-2H3,(H,15,16). The van der Waals surface area contributed by atoms with Gasteiger partial charge in [-0.3, -0.25) is 4.79 Å². The van der Waals surface area contributed by atoms with Crippen molar-refractivity contribution in [2.24, 2.45) is 5.92 Å². The Bertz CT molecular complexity index is 366. The van der Waals surface area contributed by atoms with Crippen LogP contribution in [0.3, 0.4) is 0 Å². The highest BCUT2D eigenvalue weighted by Crippen LogP contribution is 2.17. The Hall–Kier alpha value is -0.940. The van der Waals surface area contributed by atoms with E-state index in [2.05, 4.69) is 29.5 Å². The Kier molecular flexibility index (Phi) is 4.12. The fourth-order valence-corrected chi connectivity index (χ4v) is 2.81. The summed E-state index contributed by atoms with van der Waals surface area (Å²) in [5.41, 5.74) is 0. The minimum absolute atomic E-state index is 0.0153. The first-order valence-electron chi connectivity index (χ1n) is 6.09. The van der Waals surface area contributed by atoms with Crippen molar-refractivity contribution >= 4 is 17.2 Å². The van der Waals surface area contributed by atoms with Crippen LogP contribution in [0.4, 0.5) is 0 Å². The molecule has 3 unspecified atom stereocenters. The van der Waals surface area contributed by atoms with Crippen LogP contribution < -0.4 is 10.6 Å². The van der Waals surface area contributed by atoms with E-state index in [0.29, 0.717) is 12.5 Å². The molecule has 2 rings (SSSR count). The number of amides is 1. The molecule has 1 aromatic heterocycles. The third kappa shape index (κ3) is 3.04. The Balaban J connectivity index is 1.80. The molecular formula is C12H19N3OS. The molecule has 0 saturated carbocycles. The Morgan fingerprint density at radius 2 is 2.59 bits per heavy atom. The zero-order valence-electron chi connectivity index (χ0n) is 10.3. The summed E-state index contributed by atoms with van der Waals surface area (Å²) in [7, 11) is 0. The number of carbonyl (C=O) groups is 1. The highest BCUT2D eigenvalue weighted by molar-refractivity contribution is 7.09. The molecule has 1 amide bonds. The quantitative estimate of drug-likeness (QED) is 0.852. The lowest BCUT2D eigenvalue weighted by molar-refractivity contribution is -0.123.